The van der Waals surface area contributed by atoms with Gasteiger partial charge in [-0.25, -0.2) is 4.98 Å². The number of benzene rings is 2. The van der Waals surface area contributed by atoms with Crippen molar-refractivity contribution < 1.29 is 9.47 Å². The molecule has 0 saturated heterocycles. The smallest absolute Gasteiger partial charge is 0.281 e. The molecule has 3 rings (SSSR count). The summed E-state index contributed by atoms with van der Waals surface area (Å²) >= 11 is 0. The Kier molecular flexibility index (Phi) is 4.05. The van der Waals surface area contributed by atoms with Crippen molar-refractivity contribution in [3.63, 3.8) is 0 Å². The number of nitrogens with zero attached hydrogens (tertiary/aromatic N) is 3. The van der Waals surface area contributed by atoms with E-state index in [9.17, 15) is 4.79 Å². The van der Waals surface area contributed by atoms with Crippen LogP contribution in [-0.2, 0) is 0 Å². The maximum Gasteiger partial charge on any atom is 0.281 e. The highest BCUT2D eigenvalue weighted by Crippen LogP contribution is 2.26. The number of aromatic nitrogens is 2. The van der Waals surface area contributed by atoms with Gasteiger partial charge in [0.05, 0.1) is 31.3 Å². The number of fused-ring (bicyclic) bond motifs is 1. The molecule has 6 nitrogen and oxygen atoms in total. The summed E-state index contributed by atoms with van der Waals surface area (Å²) in [7, 11) is 3.14. The van der Waals surface area contributed by atoms with Gasteiger partial charge in [-0.05, 0) is 35.9 Å². The number of methoxy groups -OCH3 is 2. The molecular weight excluding hydrogens is 294 g/mol. The van der Waals surface area contributed by atoms with Gasteiger partial charge in [0.15, 0.2) is 11.5 Å². The quantitative estimate of drug-likeness (QED) is 0.694. The van der Waals surface area contributed by atoms with Crippen molar-refractivity contribution in [1.82, 2.24) is 9.66 Å². The lowest BCUT2D eigenvalue weighted by Crippen LogP contribution is -2.16. The van der Waals surface area contributed by atoms with Crippen molar-refractivity contribution in [2.75, 3.05) is 14.2 Å². The summed E-state index contributed by atoms with van der Waals surface area (Å²) in [5, 5.41) is 4.70. The van der Waals surface area contributed by atoms with E-state index in [2.05, 4.69) is 10.1 Å². The molecule has 0 unspecified atom stereocenters. The largest absolute Gasteiger partial charge is 0.493 e. The van der Waals surface area contributed by atoms with Crippen LogP contribution in [0.5, 0.6) is 11.5 Å². The SMILES string of the molecule is COc1ccc(/C=N\n2cnc3ccccc3c2=O)cc1OC. The summed E-state index contributed by atoms with van der Waals surface area (Å²) < 4.78 is 11.6. The third kappa shape index (κ3) is 2.91. The molecule has 0 aliphatic rings. The minimum atomic E-state index is -0.215. The summed E-state index contributed by atoms with van der Waals surface area (Å²) in [4.78, 5) is 16.6. The average Bonchev–Trinajstić information content (AvgIpc) is 2.61. The van der Waals surface area contributed by atoms with E-state index in [1.165, 1.54) is 11.0 Å². The first-order chi connectivity index (χ1) is 11.2. The third-order valence-electron chi connectivity index (χ3n) is 3.39. The molecule has 0 aliphatic carbocycles. The Morgan fingerprint density at radius 2 is 1.87 bits per heavy atom. The highest BCUT2D eigenvalue weighted by molar-refractivity contribution is 5.81. The van der Waals surface area contributed by atoms with Crippen LogP contribution in [0, 0.1) is 0 Å². The van der Waals surface area contributed by atoms with E-state index >= 15 is 0 Å². The monoisotopic (exact) mass is 309 g/mol. The first-order valence-corrected chi connectivity index (χ1v) is 6.95. The molecule has 1 heterocycles. The Hall–Kier alpha value is -3.15. The van der Waals surface area contributed by atoms with E-state index < -0.39 is 0 Å². The van der Waals surface area contributed by atoms with Gasteiger partial charge in [-0.3, -0.25) is 4.79 Å². The predicted molar refractivity (Wildman–Crippen MR) is 88.5 cm³/mol. The Labute approximate surface area is 132 Å². The van der Waals surface area contributed by atoms with E-state index in [1.54, 1.807) is 50.8 Å². The molecule has 0 saturated carbocycles. The van der Waals surface area contributed by atoms with Crippen LogP contribution < -0.4 is 15.0 Å². The Morgan fingerprint density at radius 1 is 1.09 bits per heavy atom. The summed E-state index contributed by atoms with van der Waals surface area (Å²) in [6.07, 6.45) is 2.97. The minimum absolute atomic E-state index is 0.215. The first-order valence-electron chi connectivity index (χ1n) is 6.95. The standard InChI is InChI=1S/C17H15N3O3/c1-22-15-8-7-12(9-16(15)23-2)10-19-20-11-18-14-6-4-3-5-13(14)17(20)21/h3-11H,1-2H3/b19-10-. The van der Waals surface area contributed by atoms with Crippen LogP contribution >= 0.6 is 0 Å². The van der Waals surface area contributed by atoms with Crippen molar-refractivity contribution >= 4 is 17.1 Å². The number of ether oxygens (including phenoxy) is 2. The molecule has 23 heavy (non-hydrogen) atoms. The van der Waals surface area contributed by atoms with Crippen molar-refractivity contribution in [2.24, 2.45) is 5.10 Å². The third-order valence-corrected chi connectivity index (χ3v) is 3.39. The molecule has 0 N–H and O–H groups in total. The second kappa shape index (κ2) is 6.31. The fourth-order valence-electron chi connectivity index (χ4n) is 2.20. The van der Waals surface area contributed by atoms with Crippen molar-refractivity contribution in [3.05, 3.63) is 64.7 Å². The number of para-hydroxylation sites is 1. The van der Waals surface area contributed by atoms with Gasteiger partial charge in [0, 0.05) is 0 Å². The van der Waals surface area contributed by atoms with Crippen LogP contribution in [0.25, 0.3) is 10.9 Å². The van der Waals surface area contributed by atoms with Gasteiger partial charge in [-0.1, -0.05) is 12.1 Å². The van der Waals surface area contributed by atoms with Crippen molar-refractivity contribution in [3.8, 4) is 11.5 Å². The zero-order valence-electron chi connectivity index (χ0n) is 12.8. The lowest BCUT2D eigenvalue weighted by molar-refractivity contribution is 0.355. The molecule has 0 atom stereocenters. The molecule has 6 heteroatoms. The minimum Gasteiger partial charge on any atom is -0.493 e. The van der Waals surface area contributed by atoms with Crippen LogP contribution in [0.4, 0.5) is 0 Å². The maximum atomic E-state index is 12.3. The second-order valence-corrected chi connectivity index (χ2v) is 4.77. The van der Waals surface area contributed by atoms with E-state index in [0.717, 1.165) is 5.56 Å². The molecule has 1 aromatic heterocycles. The molecule has 0 bridgehead atoms. The van der Waals surface area contributed by atoms with Gasteiger partial charge >= 0.3 is 0 Å². The summed E-state index contributed by atoms with van der Waals surface area (Å²) in [6.45, 7) is 0. The highest BCUT2D eigenvalue weighted by atomic mass is 16.5. The fourth-order valence-corrected chi connectivity index (χ4v) is 2.20. The fraction of sp³-hybridized carbons (Fsp3) is 0.118. The number of hydrogen-bond donors (Lipinski definition) is 0. The van der Waals surface area contributed by atoms with E-state index in [4.69, 9.17) is 9.47 Å². The normalized spacial score (nSPS) is 11.0. The van der Waals surface area contributed by atoms with Crippen LogP contribution in [0.1, 0.15) is 5.56 Å². The molecule has 0 fully saturated rings. The number of rotatable bonds is 4. The van der Waals surface area contributed by atoms with E-state index in [1.807, 2.05) is 12.1 Å². The van der Waals surface area contributed by atoms with Crippen LogP contribution in [0.2, 0.25) is 0 Å². The zero-order chi connectivity index (χ0) is 16.2. The highest BCUT2D eigenvalue weighted by Gasteiger charge is 2.04. The van der Waals surface area contributed by atoms with Gasteiger partial charge < -0.3 is 9.47 Å². The van der Waals surface area contributed by atoms with Crippen molar-refractivity contribution in [2.45, 2.75) is 0 Å². The van der Waals surface area contributed by atoms with Crippen LogP contribution in [0.3, 0.4) is 0 Å². The van der Waals surface area contributed by atoms with Gasteiger partial charge in [0.2, 0.25) is 0 Å². The molecule has 2 aromatic carbocycles. The molecule has 0 radical (unpaired) electrons. The van der Waals surface area contributed by atoms with Gasteiger partial charge in [0.25, 0.3) is 5.56 Å². The number of hydrogen-bond acceptors (Lipinski definition) is 5. The molecule has 0 amide bonds. The molecule has 3 aromatic rings. The maximum absolute atomic E-state index is 12.3. The lowest BCUT2D eigenvalue weighted by Gasteiger charge is -2.07. The summed E-state index contributed by atoms with van der Waals surface area (Å²) in [5.74, 6) is 1.23. The lowest BCUT2D eigenvalue weighted by atomic mass is 10.2. The van der Waals surface area contributed by atoms with E-state index in [0.29, 0.717) is 22.4 Å². The molecule has 0 aliphatic heterocycles. The van der Waals surface area contributed by atoms with Gasteiger partial charge in [-0.15, -0.1) is 0 Å². The topological polar surface area (TPSA) is 65.7 Å². The van der Waals surface area contributed by atoms with Crippen molar-refractivity contribution in [1.29, 1.82) is 0 Å². The Morgan fingerprint density at radius 3 is 2.65 bits per heavy atom. The summed E-state index contributed by atoms with van der Waals surface area (Å²) in [5.41, 5.74) is 1.21. The zero-order valence-corrected chi connectivity index (χ0v) is 12.8. The van der Waals surface area contributed by atoms with Gasteiger partial charge in [-0.2, -0.15) is 9.78 Å². The molecule has 0 spiro atoms. The second-order valence-electron chi connectivity index (χ2n) is 4.77. The molecular formula is C17H15N3O3. The van der Waals surface area contributed by atoms with Crippen LogP contribution in [-0.4, -0.2) is 30.1 Å². The van der Waals surface area contributed by atoms with Crippen LogP contribution in [0.15, 0.2) is 58.7 Å². The predicted octanol–water partition coefficient (Wildman–Crippen LogP) is 2.30. The Bertz CT molecular complexity index is 932. The first kappa shape index (κ1) is 14.8. The summed E-state index contributed by atoms with van der Waals surface area (Å²) in [6, 6.07) is 12.5. The Balaban J connectivity index is 1.97. The van der Waals surface area contributed by atoms with E-state index in [-0.39, 0.29) is 5.56 Å². The molecule has 116 valence electrons. The average molecular weight is 309 g/mol. The van der Waals surface area contributed by atoms with Gasteiger partial charge in [0.1, 0.15) is 6.33 Å².